The number of terminal acetylenes is 1. The van der Waals surface area contributed by atoms with Crippen molar-refractivity contribution < 1.29 is 0 Å². The van der Waals surface area contributed by atoms with E-state index in [-0.39, 0.29) is 0 Å². The van der Waals surface area contributed by atoms with E-state index in [0.29, 0.717) is 11.2 Å². The van der Waals surface area contributed by atoms with Crippen LogP contribution in [0, 0.1) is 24.2 Å². The Morgan fingerprint density at radius 2 is 2.20 bits per heavy atom. The Labute approximate surface area is 64.8 Å². The Kier molecular flexibility index (Phi) is 1.81. The molecule has 0 aromatic rings. The molecule has 0 spiro atoms. The summed E-state index contributed by atoms with van der Waals surface area (Å²) in [6, 6.07) is 0. The zero-order valence-corrected chi connectivity index (χ0v) is 7.15. The number of hydrogen-bond acceptors (Lipinski definition) is 0. The van der Waals surface area contributed by atoms with E-state index in [1.807, 2.05) is 0 Å². The maximum atomic E-state index is 5.40. The molecular formula is C9H15B. The SMILES string of the molecule is BC1(CC)C(C#C)C1CC. The van der Waals surface area contributed by atoms with Gasteiger partial charge in [0, 0.05) is 5.92 Å². The summed E-state index contributed by atoms with van der Waals surface area (Å²) < 4.78 is 0. The van der Waals surface area contributed by atoms with Gasteiger partial charge in [0.05, 0.1) is 0 Å². The molecule has 1 aliphatic rings. The highest BCUT2D eigenvalue weighted by Crippen LogP contribution is 2.66. The summed E-state index contributed by atoms with van der Waals surface area (Å²) >= 11 is 0. The molecule has 1 rings (SSSR count). The maximum absolute atomic E-state index is 5.40. The van der Waals surface area contributed by atoms with Gasteiger partial charge in [0.15, 0.2) is 0 Å². The van der Waals surface area contributed by atoms with Crippen LogP contribution in [-0.2, 0) is 0 Å². The fraction of sp³-hybridized carbons (Fsp3) is 0.778. The molecule has 0 saturated heterocycles. The molecule has 0 radical (unpaired) electrons. The Morgan fingerprint density at radius 1 is 1.60 bits per heavy atom. The largest absolute Gasteiger partial charge is 0.120 e. The van der Waals surface area contributed by atoms with Crippen molar-refractivity contribution in [1.29, 1.82) is 0 Å². The van der Waals surface area contributed by atoms with Crippen LogP contribution in [0.25, 0.3) is 0 Å². The van der Waals surface area contributed by atoms with Gasteiger partial charge in [0.2, 0.25) is 0 Å². The third kappa shape index (κ3) is 0.787. The second-order valence-electron chi connectivity index (χ2n) is 3.52. The molecule has 3 unspecified atom stereocenters. The average molecular weight is 134 g/mol. The Hall–Kier alpha value is -0.375. The topological polar surface area (TPSA) is 0 Å². The van der Waals surface area contributed by atoms with Crippen molar-refractivity contribution in [2.24, 2.45) is 11.8 Å². The summed E-state index contributed by atoms with van der Waals surface area (Å²) in [5.74, 6) is 4.26. The van der Waals surface area contributed by atoms with E-state index in [9.17, 15) is 0 Å². The molecule has 0 heterocycles. The average Bonchev–Trinajstić information content (AvgIpc) is 2.56. The minimum absolute atomic E-state index is 0.490. The van der Waals surface area contributed by atoms with Crippen molar-refractivity contribution in [3.63, 3.8) is 0 Å². The van der Waals surface area contributed by atoms with E-state index in [1.54, 1.807) is 0 Å². The van der Waals surface area contributed by atoms with Gasteiger partial charge in [-0.1, -0.05) is 26.7 Å². The predicted molar refractivity (Wildman–Crippen MR) is 47.6 cm³/mol. The maximum Gasteiger partial charge on any atom is 0.111 e. The van der Waals surface area contributed by atoms with E-state index in [2.05, 4.69) is 27.6 Å². The van der Waals surface area contributed by atoms with E-state index < -0.39 is 0 Å². The Balaban J connectivity index is 2.61. The summed E-state index contributed by atoms with van der Waals surface area (Å²) in [5.41, 5.74) is 0. The molecule has 0 aromatic heterocycles. The molecule has 0 aliphatic heterocycles. The molecule has 1 aliphatic carbocycles. The molecule has 0 N–H and O–H groups in total. The summed E-state index contributed by atoms with van der Waals surface area (Å²) in [7, 11) is 2.31. The van der Waals surface area contributed by atoms with Crippen molar-refractivity contribution >= 4 is 7.85 Å². The minimum atomic E-state index is 0.490. The quantitative estimate of drug-likeness (QED) is 0.396. The van der Waals surface area contributed by atoms with Crippen molar-refractivity contribution in [3.05, 3.63) is 0 Å². The highest BCUT2D eigenvalue weighted by atomic mass is 14.6. The van der Waals surface area contributed by atoms with E-state index >= 15 is 0 Å². The second kappa shape index (κ2) is 2.34. The zero-order valence-electron chi connectivity index (χ0n) is 7.15. The molecule has 0 aromatic carbocycles. The monoisotopic (exact) mass is 134 g/mol. The highest BCUT2D eigenvalue weighted by Gasteiger charge is 2.56. The fourth-order valence-electron chi connectivity index (χ4n) is 2.15. The van der Waals surface area contributed by atoms with Crippen molar-refractivity contribution in [2.45, 2.75) is 32.0 Å². The van der Waals surface area contributed by atoms with Crippen LogP contribution in [0.3, 0.4) is 0 Å². The van der Waals surface area contributed by atoms with Crippen LogP contribution in [-0.4, -0.2) is 7.85 Å². The normalized spacial score (nSPS) is 44.5. The van der Waals surface area contributed by atoms with Gasteiger partial charge in [-0.25, -0.2) is 0 Å². The van der Waals surface area contributed by atoms with Gasteiger partial charge < -0.3 is 0 Å². The van der Waals surface area contributed by atoms with Gasteiger partial charge in [-0.05, 0) is 11.2 Å². The van der Waals surface area contributed by atoms with Crippen molar-refractivity contribution in [3.8, 4) is 12.3 Å². The van der Waals surface area contributed by atoms with Gasteiger partial charge in [-0.3, -0.25) is 0 Å². The fourth-order valence-corrected chi connectivity index (χ4v) is 2.15. The van der Waals surface area contributed by atoms with Crippen LogP contribution in [0.4, 0.5) is 0 Å². The van der Waals surface area contributed by atoms with Crippen LogP contribution in [0.15, 0.2) is 0 Å². The predicted octanol–water partition coefficient (Wildman–Crippen LogP) is 1.48. The van der Waals surface area contributed by atoms with Crippen molar-refractivity contribution in [2.75, 3.05) is 0 Å². The first-order valence-corrected chi connectivity index (χ1v) is 4.16. The lowest BCUT2D eigenvalue weighted by atomic mass is 9.77. The molecular weight excluding hydrogens is 119 g/mol. The van der Waals surface area contributed by atoms with E-state index in [1.165, 1.54) is 12.8 Å². The third-order valence-corrected chi connectivity index (χ3v) is 3.23. The molecule has 0 bridgehead atoms. The number of rotatable bonds is 2. The second-order valence-corrected chi connectivity index (χ2v) is 3.52. The zero-order chi connectivity index (χ0) is 7.78. The van der Waals surface area contributed by atoms with E-state index in [4.69, 9.17) is 6.42 Å². The molecule has 1 saturated carbocycles. The van der Waals surface area contributed by atoms with Crippen molar-refractivity contribution in [1.82, 2.24) is 0 Å². The van der Waals surface area contributed by atoms with Gasteiger partial charge in [0.1, 0.15) is 7.85 Å². The van der Waals surface area contributed by atoms with Crippen LogP contribution >= 0.6 is 0 Å². The first-order chi connectivity index (χ1) is 4.70. The third-order valence-electron chi connectivity index (χ3n) is 3.23. The molecule has 1 fully saturated rings. The number of hydrogen-bond donors (Lipinski definition) is 0. The Morgan fingerprint density at radius 3 is 2.30 bits per heavy atom. The van der Waals surface area contributed by atoms with Gasteiger partial charge in [-0.15, -0.1) is 12.3 Å². The van der Waals surface area contributed by atoms with Crippen LogP contribution < -0.4 is 0 Å². The molecule has 54 valence electrons. The van der Waals surface area contributed by atoms with Crippen LogP contribution in [0.5, 0.6) is 0 Å². The van der Waals surface area contributed by atoms with E-state index in [0.717, 1.165) is 5.92 Å². The summed E-state index contributed by atoms with van der Waals surface area (Å²) in [6.45, 7) is 4.47. The van der Waals surface area contributed by atoms with Crippen LogP contribution in [0.1, 0.15) is 26.7 Å². The first kappa shape index (κ1) is 7.73. The van der Waals surface area contributed by atoms with Gasteiger partial charge in [0.25, 0.3) is 0 Å². The molecule has 10 heavy (non-hydrogen) atoms. The lowest BCUT2D eigenvalue weighted by molar-refractivity contribution is 0.680. The Bertz CT molecular complexity index is 168. The van der Waals surface area contributed by atoms with Gasteiger partial charge in [-0.2, -0.15) is 0 Å². The van der Waals surface area contributed by atoms with Crippen LogP contribution in [0.2, 0.25) is 5.31 Å². The molecule has 1 heteroatoms. The molecule has 0 amide bonds. The molecule has 0 nitrogen and oxygen atoms in total. The first-order valence-electron chi connectivity index (χ1n) is 4.16. The lowest BCUT2D eigenvalue weighted by Crippen LogP contribution is -1.92. The van der Waals surface area contributed by atoms with Gasteiger partial charge >= 0.3 is 0 Å². The highest BCUT2D eigenvalue weighted by molar-refractivity contribution is 6.18. The summed E-state index contributed by atoms with van der Waals surface area (Å²) in [5, 5.41) is 0.490. The smallest absolute Gasteiger partial charge is 0.111 e. The summed E-state index contributed by atoms with van der Waals surface area (Å²) in [6.07, 6.45) is 7.89. The summed E-state index contributed by atoms with van der Waals surface area (Å²) in [4.78, 5) is 0. The minimum Gasteiger partial charge on any atom is -0.120 e. The molecule has 3 atom stereocenters. The lowest BCUT2D eigenvalue weighted by Gasteiger charge is -2.03. The standard InChI is InChI=1S/C9H15B/c1-4-7-8(5-2)9(7,10)6-3/h1,7-8H,5-6,10H2,2-3H3.